The summed E-state index contributed by atoms with van der Waals surface area (Å²) in [5.41, 5.74) is 0. The molecule has 0 atom stereocenters. The minimum Gasteiger partial charge on any atom is -0.434 e. The molecule has 5 nitrogen and oxygen atoms in total. The molecule has 0 aromatic carbocycles. The summed E-state index contributed by atoms with van der Waals surface area (Å²) < 4.78 is 13.7. The Hall–Kier alpha value is -1.26. The van der Waals surface area contributed by atoms with Crippen molar-refractivity contribution in [3.8, 4) is 0 Å². The fourth-order valence-corrected chi connectivity index (χ4v) is 0.883. The molecule has 0 aromatic heterocycles. The number of ether oxygens (including phenoxy) is 3. The van der Waals surface area contributed by atoms with Crippen molar-refractivity contribution in [2.75, 3.05) is 13.2 Å². The van der Waals surface area contributed by atoms with E-state index in [0.29, 0.717) is 11.8 Å². The van der Waals surface area contributed by atoms with Crippen molar-refractivity contribution >= 4 is 12.3 Å². The second-order valence-electron chi connectivity index (χ2n) is 4.66. The zero-order valence-corrected chi connectivity index (χ0v) is 11.0. The van der Waals surface area contributed by atoms with Crippen LogP contribution in [0.15, 0.2) is 0 Å². The van der Waals surface area contributed by atoms with Gasteiger partial charge in [-0.2, -0.15) is 0 Å². The highest BCUT2D eigenvalue weighted by Crippen LogP contribution is 2.02. The highest BCUT2D eigenvalue weighted by atomic mass is 16.8. The monoisotopic (exact) mass is 246 g/mol. The summed E-state index contributed by atoms with van der Waals surface area (Å²) in [6.07, 6.45) is -0.532. The maximum Gasteiger partial charge on any atom is 0.518 e. The lowest BCUT2D eigenvalue weighted by atomic mass is 10.1. The molecule has 0 fully saturated rings. The number of rotatable bonds is 6. The van der Waals surface area contributed by atoms with E-state index in [1.54, 1.807) is 0 Å². The minimum atomic E-state index is -1.000. The van der Waals surface area contributed by atoms with Gasteiger partial charge in [-0.25, -0.2) is 9.59 Å². The third-order valence-corrected chi connectivity index (χ3v) is 2.00. The van der Waals surface area contributed by atoms with Gasteiger partial charge in [0.2, 0.25) is 0 Å². The van der Waals surface area contributed by atoms with E-state index in [1.165, 1.54) is 0 Å². The summed E-state index contributed by atoms with van der Waals surface area (Å²) in [6, 6.07) is 0. The van der Waals surface area contributed by atoms with Crippen molar-refractivity contribution in [3.63, 3.8) is 0 Å². The van der Waals surface area contributed by atoms with Crippen LogP contribution in [0, 0.1) is 11.8 Å². The van der Waals surface area contributed by atoms with Gasteiger partial charge in [0, 0.05) is 0 Å². The van der Waals surface area contributed by atoms with E-state index < -0.39 is 12.3 Å². The molecule has 0 N–H and O–H groups in total. The third-order valence-electron chi connectivity index (χ3n) is 2.00. The molecule has 0 unspecified atom stereocenters. The molecule has 17 heavy (non-hydrogen) atoms. The molecular formula is C12H22O5. The van der Waals surface area contributed by atoms with Crippen LogP contribution in [-0.4, -0.2) is 25.5 Å². The minimum absolute atomic E-state index is 0.246. The summed E-state index contributed by atoms with van der Waals surface area (Å²) in [4.78, 5) is 22.0. The second kappa shape index (κ2) is 8.84. The molecule has 0 rings (SSSR count). The predicted molar refractivity (Wildman–Crippen MR) is 62.7 cm³/mol. The first-order valence-corrected chi connectivity index (χ1v) is 5.93. The average molecular weight is 246 g/mol. The van der Waals surface area contributed by atoms with Gasteiger partial charge in [-0.1, -0.05) is 27.7 Å². The van der Waals surface area contributed by atoms with E-state index >= 15 is 0 Å². The van der Waals surface area contributed by atoms with Gasteiger partial charge in [0.05, 0.1) is 13.2 Å². The molecule has 0 aliphatic carbocycles. The highest BCUT2D eigenvalue weighted by molar-refractivity contribution is 5.76. The molecule has 100 valence electrons. The molecule has 0 amide bonds. The smallest absolute Gasteiger partial charge is 0.434 e. The van der Waals surface area contributed by atoms with E-state index in [9.17, 15) is 9.59 Å². The Balaban J connectivity index is 3.56. The quantitative estimate of drug-likeness (QED) is 0.531. The lowest BCUT2D eigenvalue weighted by Crippen LogP contribution is -2.17. The zero-order valence-electron chi connectivity index (χ0n) is 11.0. The van der Waals surface area contributed by atoms with Gasteiger partial charge < -0.3 is 14.2 Å². The van der Waals surface area contributed by atoms with Crippen LogP contribution in [0.2, 0.25) is 0 Å². The number of carbonyl (C=O) groups excluding carboxylic acids is 2. The molecule has 0 aromatic rings. The molecule has 0 saturated carbocycles. The summed E-state index contributed by atoms with van der Waals surface area (Å²) in [5.74, 6) is 0.863. The molecule has 0 bridgehead atoms. The predicted octanol–water partition coefficient (Wildman–Crippen LogP) is 3.37. The highest BCUT2D eigenvalue weighted by Gasteiger charge is 2.13. The van der Waals surface area contributed by atoms with Crippen molar-refractivity contribution in [3.05, 3.63) is 0 Å². The fraction of sp³-hybridized carbons (Fsp3) is 0.833. The van der Waals surface area contributed by atoms with Gasteiger partial charge in [0.25, 0.3) is 0 Å². The SMILES string of the molecule is CC(C)CCOC(=O)OC(=O)OCCC(C)C. The van der Waals surface area contributed by atoms with Crippen LogP contribution < -0.4 is 0 Å². The Bertz CT molecular complexity index is 211. The van der Waals surface area contributed by atoms with Crippen LogP contribution in [0.3, 0.4) is 0 Å². The van der Waals surface area contributed by atoms with Crippen molar-refractivity contribution in [1.29, 1.82) is 0 Å². The Labute approximate surface area is 102 Å². The number of hydrogen-bond acceptors (Lipinski definition) is 5. The topological polar surface area (TPSA) is 61.8 Å². The van der Waals surface area contributed by atoms with E-state index in [1.807, 2.05) is 27.7 Å². The van der Waals surface area contributed by atoms with Crippen LogP contribution in [0.4, 0.5) is 9.59 Å². The Morgan fingerprint density at radius 3 is 1.47 bits per heavy atom. The Kier molecular flexibility index (Phi) is 8.19. The molecule has 5 heteroatoms. The largest absolute Gasteiger partial charge is 0.518 e. The van der Waals surface area contributed by atoms with Crippen molar-refractivity contribution in [2.24, 2.45) is 11.8 Å². The summed E-state index contributed by atoms with van der Waals surface area (Å²) in [6.45, 7) is 8.53. The maximum absolute atomic E-state index is 11.0. The molecule has 0 spiro atoms. The van der Waals surface area contributed by atoms with Gasteiger partial charge >= 0.3 is 12.3 Å². The van der Waals surface area contributed by atoms with Crippen LogP contribution in [-0.2, 0) is 14.2 Å². The van der Waals surface area contributed by atoms with Gasteiger partial charge in [-0.05, 0) is 24.7 Å². The third kappa shape index (κ3) is 11.0. The lowest BCUT2D eigenvalue weighted by Gasteiger charge is -2.07. The van der Waals surface area contributed by atoms with Crippen LogP contribution >= 0.6 is 0 Å². The number of hydrogen-bond donors (Lipinski definition) is 0. The van der Waals surface area contributed by atoms with E-state index in [4.69, 9.17) is 0 Å². The Morgan fingerprint density at radius 2 is 1.18 bits per heavy atom. The summed E-state index contributed by atoms with van der Waals surface area (Å²) >= 11 is 0. The first kappa shape index (κ1) is 15.7. The molecule has 0 aliphatic rings. The molecule has 0 aliphatic heterocycles. The molecule has 0 saturated heterocycles. The van der Waals surface area contributed by atoms with Crippen molar-refractivity contribution in [2.45, 2.75) is 40.5 Å². The van der Waals surface area contributed by atoms with Crippen LogP contribution in [0.25, 0.3) is 0 Å². The van der Waals surface area contributed by atoms with Gasteiger partial charge in [-0.15, -0.1) is 0 Å². The first-order valence-electron chi connectivity index (χ1n) is 5.93. The average Bonchev–Trinajstić information content (AvgIpc) is 2.15. The van der Waals surface area contributed by atoms with Crippen LogP contribution in [0.5, 0.6) is 0 Å². The normalized spacial score (nSPS) is 10.5. The molecule has 0 radical (unpaired) electrons. The van der Waals surface area contributed by atoms with Gasteiger partial charge in [-0.3, -0.25) is 0 Å². The lowest BCUT2D eigenvalue weighted by molar-refractivity contribution is 0.0336. The van der Waals surface area contributed by atoms with Gasteiger partial charge in [0.1, 0.15) is 0 Å². The standard InChI is InChI=1S/C12H22O5/c1-9(2)5-7-15-11(13)17-12(14)16-8-6-10(3)4/h9-10H,5-8H2,1-4H3. The number of carbonyl (C=O) groups is 2. The van der Waals surface area contributed by atoms with Crippen LogP contribution in [0.1, 0.15) is 40.5 Å². The van der Waals surface area contributed by atoms with Gasteiger partial charge in [0.15, 0.2) is 0 Å². The molecule has 0 heterocycles. The maximum atomic E-state index is 11.0. The Morgan fingerprint density at radius 1 is 0.824 bits per heavy atom. The van der Waals surface area contributed by atoms with Crippen molar-refractivity contribution in [1.82, 2.24) is 0 Å². The second-order valence-corrected chi connectivity index (χ2v) is 4.66. The summed E-state index contributed by atoms with van der Waals surface area (Å²) in [7, 11) is 0. The summed E-state index contributed by atoms with van der Waals surface area (Å²) in [5, 5.41) is 0. The molecular weight excluding hydrogens is 224 g/mol. The zero-order chi connectivity index (χ0) is 13.3. The van der Waals surface area contributed by atoms with E-state index in [2.05, 4.69) is 14.2 Å². The van der Waals surface area contributed by atoms with Crippen molar-refractivity contribution < 1.29 is 23.8 Å². The first-order chi connectivity index (χ1) is 7.91. The van der Waals surface area contributed by atoms with E-state index in [0.717, 1.165) is 12.8 Å². The van der Waals surface area contributed by atoms with E-state index in [-0.39, 0.29) is 13.2 Å². The fourth-order valence-electron chi connectivity index (χ4n) is 0.883.